The lowest BCUT2D eigenvalue weighted by atomic mass is 10.2. The van der Waals surface area contributed by atoms with Crippen molar-refractivity contribution in [2.75, 3.05) is 11.1 Å². The average Bonchev–Trinajstić information content (AvgIpc) is 3.38. The Bertz CT molecular complexity index is 1190. The number of hydrogen-bond donors (Lipinski definition) is 2. The number of fused-ring (bicyclic) bond motifs is 1. The number of hydrogen-bond acceptors (Lipinski definition) is 8. The second kappa shape index (κ2) is 9.03. The van der Waals surface area contributed by atoms with Crippen molar-refractivity contribution in [3.05, 3.63) is 42.7 Å². The maximum atomic E-state index is 10.2. The third-order valence-corrected chi connectivity index (χ3v) is 5.72. The van der Waals surface area contributed by atoms with E-state index in [0.29, 0.717) is 23.3 Å². The fourth-order valence-corrected chi connectivity index (χ4v) is 3.91. The minimum atomic E-state index is -0.658. The highest BCUT2D eigenvalue weighted by molar-refractivity contribution is 7.97. The van der Waals surface area contributed by atoms with E-state index < -0.39 is 6.10 Å². The minimum Gasteiger partial charge on any atom is -0.385 e. The van der Waals surface area contributed by atoms with Gasteiger partial charge in [0.2, 0.25) is 0 Å². The number of aliphatic hydroxyl groups excluding tert-OH is 1. The number of rotatable bonds is 8. The van der Waals surface area contributed by atoms with Crippen LogP contribution in [-0.4, -0.2) is 44.5 Å². The molecule has 0 fully saturated rings. The average molecular weight is 439 g/mol. The van der Waals surface area contributed by atoms with Crippen molar-refractivity contribution < 1.29 is 5.11 Å². The summed E-state index contributed by atoms with van der Waals surface area (Å²) in [7, 11) is 0. The fourth-order valence-electron chi connectivity index (χ4n) is 3.35. The quantitative estimate of drug-likeness (QED) is 0.418. The Morgan fingerprint density at radius 1 is 1.13 bits per heavy atom. The minimum absolute atomic E-state index is 0.202. The molecule has 4 heterocycles. The summed E-state index contributed by atoms with van der Waals surface area (Å²) in [6, 6.07) is 3.94. The van der Waals surface area contributed by atoms with Gasteiger partial charge in [0, 0.05) is 30.3 Å². The molecule has 0 amide bonds. The fraction of sp³-hybridized carbons (Fsp3) is 0.381. The Kier molecular flexibility index (Phi) is 6.19. The summed E-state index contributed by atoms with van der Waals surface area (Å²) in [5.41, 5.74) is 2.53. The first kappa shape index (κ1) is 21.3. The maximum Gasteiger partial charge on any atom is 0.164 e. The molecule has 4 aromatic heterocycles. The molecular formula is C21H26N8OS. The van der Waals surface area contributed by atoms with Crippen molar-refractivity contribution in [2.45, 2.75) is 46.3 Å². The Labute approximate surface area is 185 Å². The molecule has 0 saturated heterocycles. The predicted molar refractivity (Wildman–Crippen MR) is 123 cm³/mol. The van der Waals surface area contributed by atoms with E-state index in [1.54, 1.807) is 43.5 Å². The zero-order chi connectivity index (χ0) is 22.0. The zero-order valence-electron chi connectivity index (χ0n) is 18.0. The SMILES string of the molecule is CCSn1cc(-c2nccc(Nc3cc4c(cn3)nc(C(C)O)n4C(C)CC)n2)cn1. The molecule has 0 aliphatic carbocycles. The van der Waals surface area contributed by atoms with Gasteiger partial charge in [-0.25, -0.2) is 24.0 Å². The van der Waals surface area contributed by atoms with E-state index in [-0.39, 0.29) is 6.04 Å². The van der Waals surface area contributed by atoms with Gasteiger partial charge in [-0.15, -0.1) is 0 Å². The first-order valence-corrected chi connectivity index (χ1v) is 11.3. The summed E-state index contributed by atoms with van der Waals surface area (Å²) in [6.45, 7) is 8.05. The van der Waals surface area contributed by atoms with Crippen molar-refractivity contribution in [3.8, 4) is 11.4 Å². The number of imidazole rings is 1. The highest BCUT2D eigenvalue weighted by Gasteiger charge is 2.19. The van der Waals surface area contributed by atoms with Gasteiger partial charge >= 0.3 is 0 Å². The third-order valence-electron chi connectivity index (χ3n) is 5.00. The lowest BCUT2D eigenvalue weighted by Gasteiger charge is -2.17. The molecule has 0 radical (unpaired) electrons. The van der Waals surface area contributed by atoms with Crippen LogP contribution in [0.4, 0.5) is 11.6 Å². The molecule has 0 aromatic carbocycles. The predicted octanol–water partition coefficient (Wildman–Crippen LogP) is 4.37. The largest absolute Gasteiger partial charge is 0.385 e. The van der Waals surface area contributed by atoms with Gasteiger partial charge in [0.1, 0.15) is 29.1 Å². The first-order chi connectivity index (χ1) is 15.0. The van der Waals surface area contributed by atoms with Crippen molar-refractivity contribution in [3.63, 3.8) is 0 Å². The van der Waals surface area contributed by atoms with Crippen LogP contribution in [0, 0.1) is 0 Å². The van der Waals surface area contributed by atoms with Gasteiger partial charge in [-0.1, -0.05) is 13.8 Å². The van der Waals surface area contributed by atoms with Gasteiger partial charge in [-0.05, 0) is 38.3 Å². The monoisotopic (exact) mass is 438 g/mol. The smallest absolute Gasteiger partial charge is 0.164 e. The van der Waals surface area contributed by atoms with E-state index in [0.717, 1.165) is 28.8 Å². The lowest BCUT2D eigenvalue weighted by Crippen LogP contribution is -2.11. The summed E-state index contributed by atoms with van der Waals surface area (Å²) in [4.78, 5) is 18.1. The highest BCUT2D eigenvalue weighted by Crippen LogP contribution is 2.28. The van der Waals surface area contributed by atoms with E-state index in [9.17, 15) is 5.11 Å². The van der Waals surface area contributed by atoms with Crippen molar-refractivity contribution in [1.82, 2.24) is 33.7 Å². The molecule has 2 atom stereocenters. The zero-order valence-corrected chi connectivity index (χ0v) is 18.8. The molecule has 0 aliphatic rings. The Hall–Kier alpha value is -2.98. The molecule has 0 aliphatic heterocycles. The molecule has 0 saturated carbocycles. The summed E-state index contributed by atoms with van der Waals surface area (Å²) < 4.78 is 3.89. The molecule has 9 nitrogen and oxygen atoms in total. The standard InChI is InChI=1S/C21H26N8OS/c1-5-13(3)29-17-9-19(23-11-16(17)25-21(29)14(4)30)26-18-7-8-22-20(27-18)15-10-24-28(12-15)31-6-2/h7-14,30H,5-6H2,1-4H3,(H,22,23,26,27). The second-order valence-corrected chi connectivity index (χ2v) is 8.48. The van der Waals surface area contributed by atoms with E-state index in [1.807, 2.05) is 16.4 Å². The van der Waals surface area contributed by atoms with Crippen LogP contribution in [0.3, 0.4) is 0 Å². The number of aliphatic hydroxyl groups is 1. The van der Waals surface area contributed by atoms with E-state index >= 15 is 0 Å². The summed E-state index contributed by atoms with van der Waals surface area (Å²) in [5, 5.41) is 17.8. The molecular weight excluding hydrogens is 412 g/mol. The molecule has 2 N–H and O–H groups in total. The van der Waals surface area contributed by atoms with Gasteiger partial charge in [0.25, 0.3) is 0 Å². The summed E-state index contributed by atoms with van der Waals surface area (Å²) >= 11 is 1.61. The lowest BCUT2D eigenvalue weighted by molar-refractivity contribution is 0.182. The second-order valence-electron chi connectivity index (χ2n) is 7.27. The molecule has 2 unspecified atom stereocenters. The molecule has 162 valence electrons. The van der Waals surface area contributed by atoms with E-state index in [4.69, 9.17) is 0 Å². The van der Waals surface area contributed by atoms with Gasteiger partial charge < -0.3 is 15.0 Å². The third kappa shape index (κ3) is 4.40. The van der Waals surface area contributed by atoms with Crippen molar-refractivity contribution in [1.29, 1.82) is 0 Å². The first-order valence-electron chi connectivity index (χ1n) is 10.3. The Balaban J connectivity index is 1.65. The number of aromatic nitrogens is 7. The van der Waals surface area contributed by atoms with Crippen LogP contribution in [0.25, 0.3) is 22.4 Å². The maximum absolute atomic E-state index is 10.2. The van der Waals surface area contributed by atoms with Crippen LogP contribution in [0.15, 0.2) is 36.9 Å². The number of pyridine rings is 1. The summed E-state index contributed by atoms with van der Waals surface area (Å²) in [6.07, 6.45) is 7.37. The number of anilines is 2. The number of nitrogens with one attached hydrogen (secondary N) is 1. The van der Waals surface area contributed by atoms with Gasteiger partial charge in [0.05, 0.1) is 23.5 Å². The molecule has 31 heavy (non-hydrogen) atoms. The van der Waals surface area contributed by atoms with Gasteiger partial charge in [-0.3, -0.25) is 0 Å². The van der Waals surface area contributed by atoms with Gasteiger partial charge in [-0.2, -0.15) is 5.10 Å². The van der Waals surface area contributed by atoms with Gasteiger partial charge in [0.15, 0.2) is 5.82 Å². The number of nitrogens with zero attached hydrogens (tertiary/aromatic N) is 7. The topological polar surface area (TPSA) is 107 Å². The molecule has 4 aromatic rings. The molecule has 10 heteroatoms. The Morgan fingerprint density at radius 2 is 1.97 bits per heavy atom. The van der Waals surface area contributed by atoms with Crippen LogP contribution < -0.4 is 5.32 Å². The van der Waals surface area contributed by atoms with Crippen LogP contribution in [0.1, 0.15) is 52.1 Å². The molecule has 4 rings (SSSR count). The van der Waals surface area contributed by atoms with Crippen LogP contribution >= 0.6 is 11.9 Å². The van der Waals surface area contributed by atoms with Crippen LogP contribution in [-0.2, 0) is 0 Å². The Morgan fingerprint density at radius 3 is 2.71 bits per heavy atom. The molecule has 0 bridgehead atoms. The molecule has 0 spiro atoms. The highest BCUT2D eigenvalue weighted by atomic mass is 32.2. The van der Waals surface area contributed by atoms with Crippen molar-refractivity contribution in [2.24, 2.45) is 0 Å². The summed E-state index contributed by atoms with van der Waals surface area (Å²) in [5.74, 6) is 3.46. The van der Waals surface area contributed by atoms with Crippen molar-refractivity contribution >= 4 is 34.6 Å². The van der Waals surface area contributed by atoms with Crippen LogP contribution in [0.5, 0.6) is 0 Å². The van der Waals surface area contributed by atoms with E-state index in [2.05, 4.69) is 55.7 Å². The van der Waals surface area contributed by atoms with Crippen LogP contribution in [0.2, 0.25) is 0 Å². The van der Waals surface area contributed by atoms with E-state index in [1.165, 1.54) is 0 Å². The normalized spacial score (nSPS) is 13.5.